The Hall–Kier alpha value is -3.45. The van der Waals surface area contributed by atoms with Gasteiger partial charge in [-0.05, 0) is 37.1 Å². The summed E-state index contributed by atoms with van der Waals surface area (Å²) < 4.78 is 11.3. The largest absolute Gasteiger partial charge is 0.497 e. The molecule has 1 aromatic heterocycles. The second-order valence-electron chi connectivity index (χ2n) is 10.0. The van der Waals surface area contributed by atoms with Gasteiger partial charge in [0.25, 0.3) is 0 Å². The van der Waals surface area contributed by atoms with E-state index in [-0.39, 0.29) is 18.2 Å². The molecular weight excluding hydrogens is 472 g/mol. The van der Waals surface area contributed by atoms with Crippen LogP contribution in [0, 0.1) is 6.92 Å². The first kappa shape index (κ1) is 26.2. The van der Waals surface area contributed by atoms with E-state index in [4.69, 9.17) is 14.5 Å². The minimum atomic E-state index is 0.000697. The Morgan fingerprint density at radius 3 is 1.97 bits per heavy atom. The molecule has 1 aliphatic rings. The first-order chi connectivity index (χ1) is 18.6. The molecule has 4 aromatic rings. The number of hydrogen-bond donors (Lipinski definition) is 1. The SMILES string of the molecule is COc1cccc(-c2nc(C(C(C)OC)N3CCN(C(c4ccccc4)c4ccccc4)CC3)c(C)[nH]2)c1. The average Bonchev–Trinajstić information content (AvgIpc) is 3.36. The molecule has 198 valence electrons. The molecule has 0 amide bonds. The fourth-order valence-electron chi connectivity index (χ4n) is 5.65. The van der Waals surface area contributed by atoms with Crippen LogP contribution < -0.4 is 4.74 Å². The number of ether oxygens (including phenoxy) is 2. The van der Waals surface area contributed by atoms with Gasteiger partial charge < -0.3 is 14.5 Å². The highest BCUT2D eigenvalue weighted by molar-refractivity contribution is 5.58. The number of piperazine rings is 1. The van der Waals surface area contributed by atoms with Gasteiger partial charge in [-0.25, -0.2) is 4.98 Å². The maximum atomic E-state index is 5.91. The van der Waals surface area contributed by atoms with Gasteiger partial charge in [-0.1, -0.05) is 72.8 Å². The van der Waals surface area contributed by atoms with Gasteiger partial charge in [0.15, 0.2) is 0 Å². The summed E-state index contributed by atoms with van der Waals surface area (Å²) in [6, 6.07) is 30.0. The summed E-state index contributed by atoms with van der Waals surface area (Å²) >= 11 is 0. The van der Waals surface area contributed by atoms with Gasteiger partial charge in [0.2, 0.25) is 0 Å². The topological polar surface area (TPSA) is 53.6 Å². The number of H-pyrrole nitrogens is 1. The highest BCUT2D eigenvalue weighted by atomic mass is 16.5. The van der Waals surface area contributed by atoms with Crippen molar-refractivity contribution in [1.29, 1.82) is 0 Å². The van der Waals surface area contributed by atoms with Crippen molar-refractivity contribution in [2.24, 2.45) is 0 Å². The van der Waals surface area contributed by atoms with Crippen LogP contribution in [0.2, 0.25) is 0 Å². The van der Waals surface area contributed by atoms with Gasteiger partial charge in [0.05, 0.1) is 31.0 Å². The van der Waals surface area contributed by atoms with Crippen molar-refractivity contribution in [3.8, 4) is 17.1 Å². The molecular formula is C32H38N4O2. The number of imidazole rings is 1. The molecule has 2 heterocycles. The molecule has 0 saturated carbocycles. The lowest BCUT2D eigenvalue weighted by Gasteiger charge is -2.43. The number of hydrogen-bond acceptors (Lipinski definition) is 5. The highest BCUT2D eigenvalue weighted by Crippen LogP contribution is 2.34. The lowest BCUT2D eigenvalue weighted by molar-refractivity contribution is -0.00439. The van der Waals surface area contributed by atoms with Gasteiger partial charge in [-0.3, -0.25) is 9.80 Å². The van der Waals surface area contributed by atoms with Crippen LogP contribution >= 0.6 is 0 Å². The van der Waals surface area contributed by atoms with Crippen LogP contribution in [0.5, 0.6) is 5.75 Å². The quantitative estimate of drug-likeness (QED) is 0.305. The summed E-state index contributed by atoms with van der Waals surface area (Å²) in [7, 11) is 3.48. The predicted octanol–water partition coefficient (Wildman–Crippen LogP) is 5.88. The summed E-state index contributed by atoms with van der Waals surface area (Å²) in [4.78, 5) is 13.8. The molecule has 6 nitrogen and oxygen atoms in total. The molecule has 1 saturated heterocycles. The Bertz CT molecular complexity index is 1260. The molecule has 0 spiro atoms. The first-order valence-electron chi connectivity index (χ1n) is 13.4. The minimum absolute atomic E-state index is 0.000697. The van der Waals surface area contributed by atoms with Gasteiger partial charge in [-0.2, -0.15) is 0 Å². The van der Waals surface area contributed by atoms with Crippen molar-refractivity contribution in [2.45, 2.75) is 32.0 Å². The van der Waals surface area contributed by atoms with Gasteiger partial charge in [0.1, 0.15) is 11.6 Å². The number of nitrogens with one attached hydrogen (secondary N) is 1. The Balaban J connectivity index is 1.39. The van der Waals surface area contributed by atoms with Crippen LogP contribution in [-0.2, 0) is 4.74 Å². The summed E-state index contributed by atoms with van der Waals surface area (Å²) in [5.74, 6) is 1.68. The molecule has 3 aromatic carbocycles. The molecule has 2 unspecified atom stereocenters. The average molecular weight is 511 g/mol. The molecule has 2 atom stereocenters. The predicted molar refractivity (Wildman–Crippen MR) is 152 cm³/mol. The highest BCUT2D eigenvalue weighted by Gasteiger charge is 2.34. The van der Waals surface area contributed by atoms with E-state index in [1.807, 2.05) is 18.2 Å². The zero-order valence-corrected chi connectivity index (χ0v) is 22.8. The Kier molecular flexibility index (Phi) is 8.23. The second kappa shape index (κ2) is 11.9. The van der Waals surface area contributed by atoms with Crippen molar-refractivity contribution < 1.29 is 9.47 Å². The summed E-state index contributed by atoms with van der Waals surface area (Å²) in [6.07, 6.45) is 0.000697. The molecule has 38 heavy (non-hydrogen) atoms. The van der Waals surface area contributed by atoms with Crippen LogP contribution in [0.15, 0.2) is 84.9 Å². The Morgan fingerprint density at radius 2 is 1.39 bits per heavy atom. The normalized spacial score (nSPS) is 16.4. The Labute approximate surface area is 226 Å². The lowest BCUT2D eigenvalue weighted by atomic mass is 9.96. The van der Waals surface area contributed by atoms with Gasteiger partial charge >= 0.3 is 0 Å². The van der Waals surface area contributed by atoms with Crippen LogP contribution in [-0.4, -0.2) is 66.3 Å². The van der Waals surface area contributed by atoms with E-state index in [2.05, 4.69) is 95.4 Å². The summed E-state index contributed by atoms with van der Waals surface area (Å²) in [6.45, 7) is 8.07. The fourth-order valence-corrected chi connectivity index (χ4v) is 5.65. The fraction of sp³-hybridized carbons (Fsp3) is 0.344. The van der Waals surface area contributed by atoms with E-state index in [1.165, 1.54) is 11.1 Å². The van der Waals surface area contributed by atoms with E-state index in [0.29, 0.717) is 0 Å². The number of benzene rings is 3. The van der Waals surface area contributed by atoms with Crippen LogP contribution in [0.25, 0.3) is 11.4 Å². The number of rotatable bonds is 9. The molecule has 0 aliphatic carbocycles. The zero-order valence-electron chi connectivity index (χ0n) is 22.8. The first-order valence-corrected chi connectivity index (χ1v) is 13.4. The smallest absolute Gasteiger partial charge is 0.138 e. The van der Waals surface area contributed by atoms with Crippen LogP contribution in [0.1, 0.15) is 41.5 Å². The van der Waals surface area contributed by atoms with E-state index in [9.17, 15) is 0 Å². The third-order valence-electron chi connectivity index (χ3n) is 7.70. The van der Waals surface area contributed by atoms with Crippen molar-refractivity contribution >= 4 is 0 Å². The third kappa shape index (κ3) is 5.53. The molecule has 5 rings (SSSR count). The lowest BCUT2D eigenvalue weighted by Crippen LogP contribution is -2.51. The number of methoxy groups -OCH3 is 2. The summed E-state index contributed by atoms with van der Waals surface area (Å²) in [5, 5.41) is 0. The van der Waals surface area contributed by atoms with Gasteiger partial charge in [-0.15, -0.1) is 0 Å². The van der Waals surface area contributed by atoms with E-state index in [1.54, 1.807) is 14.2 Å². The Morgan fingerprint density at radius 1 is 0.789 bits per heavy atom. The molecule has 1 fully saturated rings. The van der Waals surface area contributed by atoms with Crippen LogP contribution in [0.3, 0.4) is 0 Å². The monoisotopic (exact) mass is 510 g/mol. The number of aromatic amines is 1. The van der Waals surface area contributed by atoms with E-state index >= 15 is 0 Å². The third-order valence-corrected chi connectivity index (χ3v) is 7.70. The zero-order chi connectivity index (χ0) is 26.5. The van der Waals surface area contributed by atoms with Crippen molar-refractivity contribution in [3.63, 3.8) is 0 Å². The second-order valence-corrected chi connectivity index (χ2v) is 10.0. The number of nitrogens with zero attached hydrogens (tertiary/aromatic N) is 3. The molecule has 0 radical (unpaired) electrons. The molecule has 1 aliphatic heterocycles. The van der Waals surface area contributed by atoms with Crippen LogP contribution in [0.4, 0.5) is 0 Å². The van der Waals surface area contributed by atoms with Gasteiger partial charge in [0, 0.05) is 44.5 Å². The van der Waals surface area contributed by atoms with Crippen molar-refractivity contribution in [1.82, 2.24) is 19.8 Å². The number of aryl methyl sites for hydroxylation is 1. The maximum Gasteiger partial charge on any atom is 0.138 e. The standard InChI is InChI=1S/C32H38N4O2/c1-23-29(34-32(33-23)27-16-11-17-28(22-27)38-4)30(24(2)37-3)35-18-20-36(21-19-35)31(25-12-7-5-8-13-25)26-14-9-6-10-15-26/h5-17,22,24,30-31H,18-21H2,1-4H3,(H,33,34). The van der Waals surface area contributed by atoms with Crippen molar-refractivity contribution in [3.05, 3.63) is 107 Å². The van der Waals surface area contributed by atoms with E-state index in [0.717, 1.165) is 54.7 Å². The molecule has 1 N–H and O–H groups in total. The van der Waals surface area contributed by atoms with E-state index < -0.39 is 0 Å². The maximum absolute atomic E-state index is 5.91. The minimum Gasteiger partial charge on any atom is -0.497 e. The number of aromatic nitrogens is 2. The molecule has 0 bridgehead atoms. The van der Waals surface area contributed by atoms with Crippen molar-refractivity contribution in [2.75, 3.05) is 40.4 Å². The molecule has 6 heteroatoms. The summed E-state index contributed by atoms with van der Waals surface area (Å²) in [5.41, 5.74) is 5.81.